The van der Waals surface area contributed by atoms with E-state index in [4.69, 9.17) is 9.05 Å². The van der Waals surface area contributed by atoms with Crippen molar-refractivity contribution in [3.8, 4) is 0 Å². The van der Waals surface area contributed by atoms with Crippen LogP contribution in [0.4, 0.5) is 0 Å². The van der Waals surface area contributed by atoms with Gasteiger partial charge in [-0.15, -0.1) is 0 Å². The fourth-order valence-corrected chi connectivity index (χ4v) is 8.23. The number of unbranched alkanes of at least 4 members (excludes halogenated alkanes) is 25. The Balaban J connectivity index is 2.50. The van der Waals surface area contributed by atoms with Gasteiger partial charge in [0.2, 0.25) is 5.91 Å². The smallest absolute Gasteiger partial charge is 0.391 e. The molecular formula is C41H82NO11P. The van der Waals surface area contributed by atoms with Crippen molar-refractivity contribution in [2.45, 2.75) is 249 Å². The third-order valence-electron chi connectivity index (χ3n) is 10.9. The molecule has 9 atom stereocenters. The molecule has 1 fully saturated rings. The highest BCUT2D eigenvalue weighted by Gasteiger charge is 2.51. The SMILES string of the molecule is CCCCCCCCCCCCCCCCC(=O)N[C@@H](COP(=O)(O)OC1C(O)C(O)C(O)[C@@H](O)C1O)[C@H](O)CCCCCCCCCCCCCCC. The van der Waals surface area contributed by atoms with Crippen LogP contribution in [0.5, 0.6) is 0 Å². The number of hydrogen-bond acceptors (Lipinski definition) is 10. The molecule has 0 heterocycles. The zero-order valence-electron chi connectivity index (χ0n) is 34.0. The van der Waals surface area contributed by atoms with Gasteiger partial charge in [0.15, 0.2) is 0 Å². The van der Waals surface area contributed by atoms with Crippen LogP contribution < -0.4 is 5.32 Å². The first-order chi connectivity index (χ1) is 25.9. The number of rotatable bonds is 36. The molecule has 1 aliphatic carbocycles. The molecule has 0 aromatic rings. The van der Waals surface area contributed by atoms with Crippen LogP contribution in [0.15, 0.2) is 0 Å². The Labute approximate surface area is 327 Å². The molecular weight excluding hydrogens is 713 g/mol. The molecule has 54 heavy (non-hydrogen) atoms. The molecule has 12 nitrogen and oxygen atoms in total. The predicted octanol–water partition coefficient (Wildman–Crippen LogP) is 7.51. The van der Waals surface area contributed by atoms with E-state index < -0.39 is 63.2 Å². The maximum Gasteiger partial charge on any atom is 0.472 e. The van der Waals surface area contributed by atoms with E-state index in [2.05, 4.69) is 19.2 Å². The van der Waals surface area contributed by atoms with Crippen molar-refractivity contribution in [3.63, 3.8) is 0 Å². The monoisotopic (exact) mass is 796 g/mol. The molecule has 1 aliphatic rings. The largest absolute Gasteiger partial charge is 0.472 e. The topological polar surface area (TPSA) is 206 Å². The van der Waals surface area contributed by atoms with Gasteiger partial charge in [0.1, 0.15) is 36.6 Å². The van der Waals surface area contributed by atoms with E-state index in [1.165, 1.54) is 122 Å². The second-order valence-electron chi connectivity index (χ2n) is 15.9. The molecule has 1 rings (SSSR count). The Morgan fingerprint density at radius 2 is 0.889 bits per heavy atom. The van der Waals surface area contributed by atoms with Crippen LogP contribution in [0, 0.1) is 0 Å². The van der Waals surface area contributed by atoms with Gasteiger partial charge in [-0.2, -0.15) is 0 Å². The summed E-state index contributed by atoms with van der Waals surface area (Å²) in [7, 11) is -5.04. The number of phosphoric acid groups is 1. The first-order valence-corrected chi connectivity index (χ1v) is 23.5. The zero-order valence-corrected chi connectivity index (χ0v) is 34.9. The van der Waals surface area contributed by atoms with Gasteiger partial charge in [-0.05, 0) is 12.8 Å². The summed E-state index contributed by atoms with van der Waals surface area (Å²) < 4.78 is 22.9. The molecule has 0 aromatic carbocycles. The van der Waals surface area contributed by atoms with Gasteiger partial charge in [0, 0.05) is 6.42 Å². The molecule has 13 heteroatoms. The highest BCUT2D eigenvalue weighted by molar-refractivity contribution is 7.47. The average molecular weight is 796 g/mol. The first kappa shape index (κ1) is 51.4. The summed E-state index contributed by atoms with van der Waals surface area (Å²) in [5, 5.41) is 64.0. The summed E-state index contributed by atoms with van der Waals surface area (Å²) in [4.78, 5) is 23.3. The summed E-state index contributed by atoms with van der Waals surface area (Å²) in [5.74, 6) is -0.306. The normalized spacial score (nSPS) is 23.9. The fraction of sp³-hybridized carbons (Fsp3) is 0.976. The van der Waals surface area contributed by atoms with E-state index in [1.54, 1.807) is 0 Å². The molecule has 0 saturated heterocycles. The highest BCUT2D eigenvalue weighted by atomic mass is 31.2. The number of nitrogens with one attached hydrogen (secondary N) is 1. The minimum atomic E-state index is -5.04. The van der Waals surface area contributed by atoms with Gasteiger partial charge in [-0.25, -0.2) is 4.57 Å². The summed E-state index contributed by atoms with van der Waals surface area (Å²) in [6, 6.07) is -1.02. The van der Waals surface area contributed by atoms with E-state index in [-0.39, 0.29) is 12.3 Å². The van der Waals surface area contributed by atoms with Crippen LogP contribution in [0.3, 0.4) is 0 Å². The average Bonchev–Trinajstić information content (AvgIpc) is 3.15. The van der Waals surface area contributed by atoms with E-state index in [1.807, 2.05) is 0 Å². The van der Waals surface area contributed by atoms with Crippen molar-refractivity contribution in [1.29, 1.82) is 0 Å². The molecule has 0 radical (unpaired) electrons. The van der Waals surface area contributed by atoms with Gasteiger partial charge >= 0.3 is 7.82 Å². The molecule has 8 N–H and O–H groups in total. The Morgan fingerprint density at radius 1 is 0.556 bits per heavy atom. The number of hydrogen-bond donors (Lipinski definition) is 8. The molecule has 0 bridgehead atoms. The van der Waals surface area contributed by atoms with Crippen LogP contribution in [-0.4, -0.2) is 96.8 Å². The lowest BCUT2D eigenvalue weighted by molar-refractivity contribution is -0.220. The number of aliphatic hydroxyl groups excluding tert-OH is 6. The first-order valence-electron chi connectivity index (χ1n) is 22.0. The second kappa shape index (κ2) is 32.3. The summed E-state index contributed by atoms with van der Waals surface area (Å²) in [6.45, 7) is 3.88. The summed E-state index contributed by atoms with van der Waals surface area (Å²) >= 11 is 0. The van der Waals surface area contributed by atoms with Crippen LogP contribution in [0.25, 0.3) is 0 Å². The maximum atomic E-state index is 12.9. The minimum Gasteiger partial charge on any atom is -0.391 e. The molecule has 0 aliphatic heterocycles. The van der Waals surface area contributed by atoms with Gasteiger partial charge in [0.25, 0.3) is 0 Å². The predicted molar refractivity (Wildman–Crippen MR) is 214 cm³/mol. The van der Waals surface area contributed by atoms with Crippen LogP contribution in [0.2, 0.25) is 0 Å². The lowest BCUT2D eigenvalue weighted by Crippen LogP contribution is -2.64. The lowest BCUT2D eigenvalue weighted by Gasteiger charge is -2.41. The van der Waals surface area contributed by atoms with Gasteiger partial charge in [-0.1, -0.05) is 181 Å². The Kier molecular flexibility index (Phi) is 30.7. The van der Waals surface area contributed by atoms with E-state index in [0.29, 0.717) is 19.3 Å². The second-order valence-corrected chi connectivity index (χ2v) is 17.3. The molecule has 1 saturated carbocycles. The van der Waals surface area contributed by atoms with Gasteiger partial charge < -0.3 is 40.8 Å². The van der Waals surface area contributed by atoms with E-state index in [9.17, 15) is 44.9 Å². The van der Waals surface area contributed by atoms with Crippen molar-refractivity contribution in [2.24, 2.45) is 0 Å². The Bertz CT molecular complexity index is 931. The minimum absolute atomic E-state index is 0.242. The van der Waals surface area contributed by atoms with Crippen molar-refractivity contribution in [1.82, 2.24) is 5.32 Å². The summed E-state index contributed by atoms with van der Waals surface area (Å²) in [5.41, 5.74) is 0. The number of phosphoric ester groups is 1. The van der Waals surface area contributed by atoms with E-state index >= 15 is 0 Å². The lowest BCUT2D eigenvalue weighted by atomic mass is 9.85. The summed E-state index contributed by atoms with van der Waals surface area (Å²) in [6.07, 6.45) is 19.9. The Hall–Kier alpha value is -0.660. The van der Waals surface area contributed by atoms with Crippen LogP contribution in [0.1, 0.15) is 200 Å². The van der Waals surface area contributed by atoms with Crippen molar-refractivity contribution in [2.75, 3.05) is 6.61 Å². The number of carbonyl (C=O) groups is 1. The third kappa shape index (κ3) is 24.2. The Morgan fingerprint density at radius 3 is 1.28 bits per heavy atom. The van der Waals surface area contributed by atoms with Crippen LogP contribution in [-0.2, 0) is 18.4 Å². The van der Waals surface area contributed by atoms with Gasteiger partial charge in [-0.3, -0.25) is 13.8 Å². The molecule has 0 aromatic heterocycles. The van der Waals surface area contributed by atoms with Gasteiger partial charge in [0.05, 0.1) is 18.8 Å². The van der Waals surface area contributed by atoms with Crippen molar-refractivity contribution < 1.29 is 53.9 Å². The van der Waals surface area contributed by atoms with Crippen molar-refractivity contribution >= 4 is 13.7 Å². The van der Waals surface area contributed by atoms with E-state index in [0.717, 1.165) is 38.5 Å². The standard InChI is InChI=1S/C41H82NO11P/c1-3-5-7-9-11-13-15-17-19-21-23-25-27-29-31-35(44)42-33(34(43)30-28-26-24-22-20-18-16-14-12-10-8-6-4-2)32-52-54(50,51)53-41-39(48)37(46)36(45)38(47)40(41)49/h33-34,36-41,43,45-49H,3-32H2,1-2H3,(H,42,44)(H,50,51)/t33-,34+,36?,37+,38?,39?,40?,41?/m0/s1. The third-order valence-corrected chi connectivity index (χ3v) is 11.9. The highest BCUT2D eigenvalue weighted by Crippen LogP contribution is 2.47. The number of aliphatic hydroxyl groups is 6. The molecule has 0 spiro atoms. The zero-order chi connectivity index (χ0) is 40.0. The quantitative estimate of drug-likeness (QED) is 0.0230. The maximum absolute atomic E-state index is 12.9. The van der Waals surface area contributed by atoms with Crippen LogP contribution >= 0.6 is 7.82 Å². The fourth-order valence-electron chi connectivity index (χ4n) is 7.26. The number of amides is 1. The molecule has 322 valence electrons. The molecule has 6 unspecified atom stereocenters. The molecule has 1 amide bonds. The number of carbonyl (C=O) groups excluding carboxylic acids is 1. The van der Waals surface area contributed by atoms with Crippen molar-refractivity contribution in [3.05, 3.63) is 0 Å².